The molecule has 0 radical (unpaired) electrons. The molecule has 1 N–H and O–H groups in total. The molecule has 0 unspecified atom stereocenters. The summed E-state index contributed by atoms with van der Waals surface area (Å²) in [5.74, 6) is 0.754. The highest BCUT2D eigenvalue weighted by molar-refractivity contribution is 7.99. The summed E-state index contributed by atoms with van der Waals surface area (Å²) in [7, 11) is 5.86. The van der Waals surface area contributed by atoms with Crippen LogP contribution >= 0.6 is 35.0 Å². The van der Waals surface area contributed by atoms with Gasteiger partial charge in [0.15, 0.2) is 11.0 Å². The number of nitrogens with zero attached hydrogens (tertiary/aromatic N) is 4. The molecule has 3 rings (SSSR count). The summed E-state index contributed by atoms with van der Waals surface area (Å²) < 4.78 is 1.88. The molecule has 0 saturated heterocycles. The molecular formula is C19H19Cl2N5OS. The van der Waals surface area contributed by atoms with Crippen LogP contribution in [0.4, 0.5) is 11.4 Å². The van der Waals surface area contributed by atoms with Gasteiger partial charge in [0.25, 0.3) is 0 Å². The summed E-state index contributed by atoms with van der Waals surface area (Å²) in [5.41, 5.74) is 2.60. The zero-order chi connectivity index (χ0) is 20.3. The van der Waals surface area contributed by atoms with Crippen molar-refractivity contribution in [2.45, 2.75) is 5.16 Å². The first-order valence-corrected chi connectivity index (χ1v) is 10.1. The van der Waals surface area contributed by atoms with Crippen molar-refractivity contribution >= 4 is 52.2 Å². The molecular weight excluding hydrogens is 417 g/mol. The number of amides is 1. The topological polar surface area (TPSA) is 63.1 Å². The highest BCUT2D eigenvalue weighted by atomic mass is 35.5. The molecule has 0 aliphatic rings. The molecule has 28 heavy (non-hydrogen) atoms. The largest absolute Gasteiger partial charge is 0.378 e. The number of rotatable bonds is 6. The number of halogens is 2. The van der Waals surface area contributed by atoms with Crippen molar-refractivity contribution in [2.24, 2.45) is 7.05 Å². The second-order valence-electron chi connectivity index (χ2n) is 6.30. The molecule has 1 heterocycles. The number of carbonyl (C=O) groups excluding carboxylic acids is 1. The minimum absolute atomic E-state index is 0.178. The summed E-state index contributed by atoms with van der Waals surface area (Å²) in [6, 6.07) is 13.0. The maximum atomic E-state index is 12.2. The Balaban J connectivity index is 1.67. The van der Waals surface area contributed by atoms with Crippen molar-refractivity contribution < 1.29 is 4.79 Å². The molecule has 6 nitrogen and oxygen atoms in total. The van der Waals surface area contributed by atoms with Crippen molar-refractivity contribution in [3.63, 3.8) is 0 Å². The van der Waals surface area contributed by atoms with E-state index in [1.165, 1.54) is 11.8 Å². The van der Waals surface area contributed by atoms with Gasteiger partial charge in [0.05, 0.1) is 5.75 Å². The molecule has 1 amide bonds. The third-order valence-corrected chi connectivity index (χ3v) is 5.39. The second-order valence-corrected chi connectivity index (χ2v) is 8.12. The molecule has 3 aromatic rings. The highest BCUT2D eigenvalue weighted by Gasteiger charge is 2.14. The summed E-state index contributed by atoms with van der Waals surface area (Å²) in [6.07, 6.45) is 0. The first-order chi connectivity index (χ1) is 13.3. The number of aromatic nitrogens is 3. The number of hydrogen-bond donors (Lipinski definition) is 1. The first kappa shape index (κ1) is 20.5. The Morgan fingerprint density at radius 2 is 1.86 bits per heavy atom. The third-order valence-electron chi connectivity index (χ3n) is 3.93. The van der Waals surface area contributed by atoms with Crippen LogP contribution in [0.15, 0.2) is 47.6 Å². The van der Waals surface area contributed by atoms with Crippen molar-refractivity contribution in [1.82, 2.24) is 14.8 Å². The van der Waals surface area contributed by atoms with Gasteiger partial charge >= 0.3 is 0 Å². The lowest BCUT2D eigenvalue weighted by Gasteiger charge is -2.13. The average Bonchev–Trinajstić information content (AvgIpc) is 3.00. The lowest BCUT2D eigenvalue weighted by atomic mass is 10.2. The summed E-state index contributed by atoms with van der Waals surface area (Å²) in [6.45, 7) is 0. The molecule has 2 aromatic carbocycles. The fourth-order valence-electron chi connectivity index (χ4n) is 2.57. The molecule has 0 aliphatic carbocycles. The van der Waals surface area contributed by atoms with Crippen LogP contribution in [0.3, 0.4) is 0 Å². The van der Waals surface area contributed by atoms with Crippen LogP contribution in [-0.4, -0.2) is 40.5 Å². The monoisotopic (exact) mass is 435 g/mol. The standard InChI is InChI=1S/C19H19Cl2N5OS/c1-25(2)16-6-4-5-12(7-16)18-23-24-19(26(18)3)28-11-17(27)22-15-9-13(20)8-14(21)10-15/h4-10H,11H2,1-3H3,(H,22,27). The fourth-order valence-corrected chi connectivity index (χ4v) is 3.81. The van der Waals surface area contributed by atoms with Crippen LogP contribution in [0.25, 0.3) is 11.4 Å². The van der Waals surface area contributed by atoms with Gasteiger partial charge in [-0.3, -0.25) is 4.79 Å². The summed E-state index contributed by atoms with van der Waals surface area (Å²) in [4.78, 5) is 14.3. The van der Waals surface area contributed by atoms with E-state index in [4.69, 9.17) is 23.2 Å². The van der Waals surface area contributed by atoms with Crippen molar-refractivity contribution in [3.05, 3.63) is 52.5 Å². The predicted octanol–water partition coefficient (Wildman–Crippen LogP) is 4.59. The Morgan fingerprint density at radius 1 is 1.14 bits per heavy atom. The zero-order valence-corrected chi connectivity index (χ0v) is 17.9. The van der Waals surface area contributed by atoms with Gasteiger partial charge in [-0.1, -0.05) is 47.1 Å². The van der Waals surface area contributed by atoms with E-state index in [0.717, 1.165) is 17.1 Å². The van der Waals surface area contributed by atoms with Crippen LogP contribution in [0, 0.1) is 0 Å². The van der Waals surface area contributed by atoms with Gasteiger partial charge in [0.1, 0.15) is 0 Å². The van der Waals surface area contributed by atoms with E-state index in [-0.39, 0.29) is 11.7 Å². The Labute approximate surface area is 177 Å². The molecule has 0 fully saturated rings. The lowest BCUT2D eigenvalue weighted by molar-refractivity contribution is -0.113. The van der Waals surface area contributed by atoms with E-state index in [1.54, 1.807) is 18.2 Å². The number of carbonyl (C=O) groups is 1. The lowest BCUT2D eigenvalue weighted by Crippen LogP contribution is -2.14. The van der Waals surface area contributed by atoms with Crippen molar-refractivity contribution in [2.75, 3.05) is 30.1 Å². The minimum atomic E-state index is -0.178. The Morgan fingerprint density at radius 3 is 2.54 bits per heavy atom. The number of thioether (sulfide) groups is 1. The maximum Gasteiger partial charge on any atom is 0.234 e. The number of benzene rings is 2. The Hall–Kier alpha value is -2.22. The predicted molar refractivity (Wildman–Crippen MR) is 117 cm³/mol. The smallest absolute Gasteiger partial charge is 0.234 e. The van der Waals surface area contributed by atoms with E-state index < -0.39 is 0 Å². The highest BCUT2D eigenvalue weighted by Crippen LogP contribution is 2.26. The van der Waals surface area contributed by atoms with Crippen LogP contribution in [-0.2, 0) is 11.8 Å². The summed E-state index contributed by atoms with van der Waals surface area (Å²) in [5, 5.41) is 12.9. The molecule has 9 heteroatoms. The van der Waals surface area contributed by atoms with Crippen molar-refractivity contribution in [3.8, 4) is 11.4 Å². The van der Waals surface area contributed by atoms with E-state index in [9.17, 15) is 4.79 Å². The third kappa shape index (κ3) is 4.98. The first-order valence-electron chi connectivity index (χ1n) is 8.39. The number of nitrogens with one attached hydrogen (secondary N) is 1. The van der Waals surface area contributed by atoms with Gasteiger partial charge in [-0.15, -0.1) is 10.2 Å². The van der Waals surface area contributed by atoms with E-state index in [1.807, 2.05) is 54.9 Å². The van der Waals surface area contributed by atoms with Gasteiger partial charge in [-0.2, -0.15) is 0 Å². The van der Waals surface area contributed by atoms with Gasteiger partial charge < -0.3 is 14.8 Å². The fraction of sp³-hybridized carbons (Fsp3) is 0.211. The molecule has 0 bridgehead atoms. The van der Waals surface area contributed by atoms with Gasteiger partial charge in [-0.25, -0.2) is 0 Å². The van der Waals surface area contributed by atoms with Gasteiger partial charge in [0.2, 0.25) is 5.91 Å². The van der Waals surface area contributed by atoms with Crippen LogP contribution < -0.4 is 10.2 Å². The zero-order valence-electron chi connectivity index (χ0n) is 15.6. The Kier molecular flexibility index (Phi) is 6.49. The van der Waals surface area contributed by atoms with Crippen molar-refractivity contribution in [1.29, 1.82) is 0 Å². The molecule has 0 saturated carbocycles. The maximum absolute atomic E-state index is 12.2. The normalized spacial score (nSPS) is 10.8. The van der Waals surface area contributed by atoms with E-state index in [2.05, 4.69) is 15.5 Å². The van der Waals surface area contributed by atoms with Crippen LogP contribution in [0.1, 0.15) is 0 Å². The molecule has 0 spiro atoms. The quantitative estimate of drug-likeness (QED) is 0.573. The van der Waals surface area contributed by atoms with Gasteiger partial charge in [-0.05, 0) is 30.3 Å². The van der Waals surface area contributed by atoms with E-state index >= 15 is 0 Å². The minimum Gasteiger partial charge on any atom is -0.378 e. The SMILES string of the molecule is CN(C)c1cccc(-c2nnc(SCC(=O)Nc3cc(Cl)cc(Cl)c3)n2C)c1. The van der Waals surface area contributed by atoms with Crippen LogP contribution in [0.5, 0.6) is 0 Å². The number of hydrogen-bond acceptors (Lipinski definition) is 5. The molecule has 0 aliphatic heterocycles. The Bertz CT molecular complexity index is 985. The number of anilines is 2. The second kappa shape index (κ2) is 8.86. The molecule has 0 atom stereocenters. The van der Waals surface area contributed by atoms with E-state index in [0.29, 0.717) is 20.9 Å². The van der Waals surface area contributed by atoms with Gasteiger partial charge in [0, 0.05) is 48.1 Å². The molecule has 146 valence electrons. The average molecular weight is 436 g/mol. The molecule has 1 aromatic heterocycles. The van der Waals surface area contributed by atoms with Crippen LogP contribution in [0.2, 0.25) is 10.0 Å². The summed E-state index contributed by atoms with van der Waals surface area (Å²) >= 11 is 13.2.